The van der Waals surface area contributed by atoms with Gasteiger partial charge in [0.25, 0.3) is 0 Å². The monoisotopic (exact) mass is 924 g/mol. The van der Waals surface area contributed by atoms with Crippen molar-refractivity contribution in [3.8, 4) is 21.8 Å². The Morgan fingerprint density at radius 1 is 0.877 bits per heavy atom. The second-order valence-corrected chi connectivity index (χ2v) is 20.3. The molecule has 3 aliphatic heterocycles. The summed E-state index contributed by atoms with van der Waals surface area (Å²) >= 11 is 1.43. The molecule has 0 saturated carbocycles. The maximum atomic E-state index is 16.0. The van der Waals surface area contributed by atoms with Crippen LogP contribution in [-0.4, -0.2) is 107 Å². The van der Waals surface area contributed by atoms with Crippen molar-refractivity contribution in [1.82, 2.24) is 35.1 Å². The Balaban J connectivity index is 0.000000711. The topological polar surface area (TPSA) is 183 Å². The van der Waals surface area contributed by atoms with Crippen LogP contribution in [0.5, 0.6) is 0 Å². The Kier molecular flexibility index (Phi) is 15.2. The third-order valence-electron chi connectivity index (χ3n) is 11.4. The lowest BCUT2D eigenvalue weighted by molar-refractivity contribution is -0.134. The first kappa shape index (κ1) is 47.1. The number of carbonyl (C=O) groups is 3. The van der Waals surface area contributed by atoms with Crippen molar-refractivity contribution < 1.29 is 27.2 Å². The molecule has 3 fully saturated rings. The van der Waals surface area contributed by atoms with E-state index in [-0.39, 0.29) is 40.1 Å². The molecule has 3 aliphatic rings. The second kappa shape index (κ2) is 21.0. The number of carbonyl (C=O) groups excluding carboxylic acids is 3. The molecule has 0 aliphatic carbocycles. The molecule has 5 aromatic rings. The number of piperidine rings is 2. The van der Waals surface area contributed by atoms with Crippen LogP contribution in [-0.2, 0) is 29.8 Å². The molecule has 8 rings (SSSR count). The standard InChI is InChI=1S/C42H50FN9O3S2.C5H7NO2/c1-5-27-57(54,55)49-33-10-8-9-32(37(33)43)38-39(56-40(48-38)42(2,3)4)34-16-20-45-41(47-34)46-31-14-12-29(13-15-31)30-17-21-52(22-18-30)36(53)28-50-23-25-51(26-24-50)35-11-6-7-19-44-35;7-4-2-1-3-5(8)6-4/h6-16,19-20,30,49H,5,17-18,21-28H2,1-4H3,(H,45,46,47);1-3H2,(H,6,7,8). The maximum Gasteiger partial charge on any atom is 0.236 e. The average molecular weight is 925 g/mol. The predicted molar refractivity (Wildman–Crippen MR) is 253 cm³/mol. The van der Waals surface area contributed by atoms with E-state index < -0.39 is 15.8 Å². The second-order valence-electron chi connectivity index (χ2n) is 17.5. The van der Waals surface area contributed by atoms with Crippen LogP contribution >= 0.6 is 11.3 Å². The van der Waals surface area contributed by atoms with Crippen LogP contribution in [0.25, 0.3) is 21.8 Å². The van der Waals surface area contributed by atoms with Crippen LogP contribution in [0.3, 0.4) is 0 Å². The number of halogens is 1. The Morgan fingerprint density at radius 2 is 1.60 bits per heavy atom. The minimum atomic E-state index is -3.70. The number of amides is 3. The number of thiazole rings is 1. The third-order valence-corrected chi connectivity index (χ3v) is 14.4. The SMILES string of the molecule is CCCS(=O)(=O)Nc1cccc(-c2nc(C(C)(C)C)sc2-c2ccnc(Nc3ccc(C4CCN(C(=O)CN5CCN(c6ccccn6)CC5)CC4)cc3)n2)c1F.O=C1CCCC(=O)N1. The molecule has 6 heterocycles. The summed E-state index contributed by atoms with van der Waals surface area (Å²) in [6, 6.07) is 20.7. The Hall–Kier alpha value is -5.85. The van der Waals surface area contributed by atoms with Crippen LogP contribution in [0.1, 0.15) is 82.7 Å². The Labute approximate surface area is 384 Å². The first-order chi connectivity index (χ1) is 31.2. The zero-order valence-electron chi connectivity index (χ0n) is 37.3. The number of nitrogens with zero attached hydrogens (tertiary/aromatic N) is 7. The number of sulfonamides is 1. The van der Waals surface area contributed by atoms with Crippen LogP contribution in [0, 0.1) is 5.82 Å². The summed E-state index contributed by atoms with van der Waals surface area (Å²) in [6.07, 6.45) is 7.44. The van der Waals surface area contributed by atoms with Crippen molar-refractivity contribution in [3.63, 3.8) is 0 Å². The number of benzene rings is 2. The largest absolute Gasteiger partial charge is 0.354 e. The van der Waals surface area contributed by atoms with Gasteiger partial charge in [0, 0.05) is 81.2 Å². The van der Waals surface area contributed by atoms with Crippen molar-refractivity contribution in [3.05, 3.63) is 95.5 Å². The summed E-state index contributed by atoms with van der Waals surface area (Å²) in [5.74, 6) is 0.861. The van der Waals surface area contributed by atoms with Crippen molar-refractivity contribution in [2.75, 3.05) is 66.5 Å². The molecule has 0 unspecified atom stereocenters. The average Bonchev–Trinajstić information content (AvgIpc) is 3.75. The van der Waals surface area contributed by atoms with Crippen molar-refractivity contribution >= 4 is 62.2 Å². The highest BCUT2D eigenvalue weighted by Gasteiger charge is 2.29. The van der Waals surface area contributed by atoms with E-state index in [1.54, 1.807) is 31.3 Å². The van der Waals surface area contributed by atoms with Gasteiger partial charge in [-0.25, -0.2) is 32.7 Å². The normalized spacial score (nSPS) is 16.4. The molecule has 2 aromatic carbocycles. The van der Waals surface area contributed by atoms with Crippen molar-refractivity contribution in [1.29, 1.82) is 0 Å². The van der Waals surface area contributed by atoms with Gasteiger partial charge in [0.2, 0.25) is 33.7 Å². The molecule has 3 saturated heterocycles. The van der Waals surface area contributed by atoms with Gasteiger partial charge >= 0.3 is 0 Å². The highest BCUT2D eigenvalue weighted by Crippen LogP contribution is 2.42. The van der Waals surface area contributed by atoms with E-state index in [1.165, 1.54) is 23.0 Å². The fourth-order valence-corrected chi connectivity index (χ4v) is 10.1. The highest BCUT2D eigenvalue weighted by molar-refractivity contribution is 7.92. The maximum absolute atomic E-state index is 16.0. The quantitative estimate of drug-likeness (QED) is 0.106. The summed E-state index contributed by atoms with van der Waals surface area (Å²) in [6.45, 7) is 13.3. The smallest absolute Gasteiger partial charge is 0.236 e. The van der Waals surface area contributed by atoms with Crippen molar-refractivity contribution in [2.45, 2.75) is 77.6 Å². The van der Waals surface area contributed by atoms with E-state index in [0.717, 1.165) is 68.6 Å². The number of aromatic nitrogens is 4. The van der Waals surface area contributed by atoms with Gasteiger partial charge in [0.05, 0.1) is 39.3 Å². The molecule has 0 radical (unpaired) electrons. The molecule has 3 aromatic heterocycles. The number of piperazine rings is 1. The first-order valence-corrected chi connectivity index (χ1v) is 24.6. The fourth-order valence-electron chi connectivity index (χ4n) is 7.91. The molecular formula is C47H57FN10O5S2. The van der Waals surface area contributed by atoms with E-state index in [0.29, 0.717) is 60.4 Å². The summed E-state index contributed by atoms with van der Waals surface area (Å²) in [5, 5.41) is 6.31. The van der Waals surface area contributed by atoms with Crippen LogP contribution in [0.15, 0.2) is 79.1 Å². The van der Waals surface area contributed by atoms with E-state index in [9.17, 15) is 22.8 Å². The predicted octanol–water partition coefficient (Wildman–Crippen LogP) is 7.34. The number of anilines is 4. The minimum Gasteiger partial charge on any atom is -0.354 e. The van der Waals surface area contributed by atoms with Gasteiger partial charge in [-0.3, -0.25) is 29.3 Å². The number of rotatable bonds is 12. The first-order valence-electron chi connectivity index (χ1n) is 22.2. The van der Waals surface area contributed by atoms with Gasteiger partial charge in [-0.05, 0) is 79.6 Å². The lowest BCUT2D eigenvalue weighted by Gasteiger charge is -2.37. The number of nitrogens with one attached hydrogen (secondary N) is 3. The lowest BCUT2D eigenvalue weighted by atomic mass is 9.89. The Morgan fingerprint density at radius 3 is 2.23 bits per heavy atom. The molecule has 0 spiro atoms. The summed E-state index contributed by atoms with van der Waals surface area (Å²) in [7, 11) is -3.70. The number of hydrogen-bond donors (Lipinski definition) is 3. The molecular weight excluding hydrogens is 868 g/mol. The summed E-state index contributed by atoms with van der Waals surface area (Å²) in [4.78, 5) is 59.7. The van der Waals surface area contributed by atoms with Gasteiger partial charge in [0.15, 0.2) is 5.82 Å². The number of likely N-dealkylation sites (tertiary alicyclic amines) is 1. The summed E-state index contributed by atoms with van der Waals surface area (Å²) < 4.78 is 43.4. The van der Waals surface area contributed by atoms with Gasteiger partial charge in [0.1, 0.15) is 5.82 Å². The van der Waals surface area contributed by atoms with Crippen LogP contribution in [0.2, 0.25) is 0 Å². The van der Waals surface area contributed by atoms with E-state index in [2.05, 4.69) is 47.3 Å². The zero-order valence-corrected chi connectivity index (χ0v) is 39.0. The molecule has 3 N–H and O–H groups in total. The highest BCUT2D eigenvalue weighted by atomic mass is 32.2. The van der Waals surface area contributed by atoms with Gasteiger partial charge < -0.3 is 15.1 Å². The number of hydrogen-bond acceptors (Lipinski definition) is 13. The van der Waals surface area contributed by atoms with Crippen LogP contribution in [0.4, 0.5) is 27.5 Å². The molecule has 18 heteroatoms. The fraction of sp³-hybridized carbons (Fsp3) is 0.426. The summed E-state index contributed by atoms with van der Waals surface area (Å²) in [5.41, 5.74) is 2.75. The van der Waals surface area contributed by atoms with E-state index in [1.807, 2.05) is 62.2 Å². The van der Waals surface area contributed by atoms with Gasteiger partial charge in [-0.1, -0.05) is 52.0 Å². The van der Waals surface area contributed by atoms with Crippen LogP contribution < -0.4 is 20.3 Å². The van der Waals surface area contributed by atoms with Crippen molar-refractivity contribution in [2.24, 2.45) is 0 Å². The molecule has 65 heavy (non-hydrogen) atoms. The molecule has 3 amide bonds. The van der Waals surface area contributed by atoms with E-state index in [4.69, 9.17) is 9.97 Å². The lowest BCUT2D eigenvalue weighted by Crippen LogP contribution is -2.51. The van der Waals surface area contributed by atoms with Gasteiger partial charge in [-0.2, -0.15) is 0 Å². The Bertz CT molecular complexity index is 2540. The van der Waals surface area contributed by atoms with Gasteiger partial charge in [-0.15, -0.1) is 11.3 Å². The number of pyridine rings is 1. The van der Waals surface area contributed by atoms with E-state index >= 15 is 4.39 Å². The molecule has 0 bridgehead atoms. The third kappa shape index (κ3) is 12.5. The zero-order chi connectivity index (χ0) is 46.1. The molecule has 15 nitrogen and oxygen atoms in total. The minimum absolute atomic E-state index is 0.110. The molecule has 0 atom stereocenters. The number of imide groups is 1. The molecule has 344 valence electrons.